The molecule has 1 fully saturated rings. The monoisotopic (exact) mass is 561 g/mol. The minimum atomic E-state index is -0.559. The highest BCUT2D eigenvalue weighted by molar-refractivity contribution is 5.80. The predicted molar refractivity (Wildman–Crippen MR) is 155 cm³/mol. The fraction of sp³-hybridized carbons (Fsp3) is 0.375. The number of hydrogen-bond acceptors (Lipinski definition) is 7. The number of amides is 2. The summed E-state index contributed by atoms with van der Waals surface area (Å²) in [5.41, 5.74) is 4.92. The van der Waals surface area contributed by atoms with Gasteiger partial charge in [0.15, 0.2) is 6.29 Å². The van der Waals surface area contributed by atoms with Gasteiger partial charge in [0.2, 0.25) is 0 Å². The third-order valence-corrected chi connectivity index (χ3v) is 6.83. The van der Waals surface area contributed by atoms with E-state index in [1.807, 2.05) is 66.7 Å². The summed E-state index contributed by atoms with van der Waals surface area (Å²) in [4.78, 5) is 25.7. The maximum Gasteiger partial charge on any atom is 0.325 e. The molecule has 1 saturated heterocycles. The van der Waals surface area contributed by atoms with Crippen LogP contribution in [0.3, 0.4) is 0 Å². The molecule has 218 valence electrons. The van der Waals surface area contributed by atoms with E-state index in [-0.39, 0.29) is 32.0 Å². The highest BCUT2D eigenvalue weighted by atomic mass is 16.7. The van der Waals surface area contributed by atoms with Crippen molar-refractivity contribution in [3.05, 3.63) is 107 Å². The Balaban J connectivity index is 1.40. The predicted octanol–water partition coefficient (Wildman–Crippen LogP) is 4.22. The van der Waals surface area contributed by atoms with Crippen LogP contribution in [0.1, 0.15) is 53.6 Å². The van der Waals surface area contributed by atoms with Crippen molar-refractivity contribution in [1.29, 1.82) is 0 Å². The summed E-state index contributed by atoms with van der Waals surface area (Å²) >= 11 is 0. The van der Waals surface area contributed by atoms with Crippen LogP contribution >= 0.6 is 0 Å². The summed E-state index contributed by atoms with van der Waals surface area (Å²) in [6.45, 7) is 3.66. The van der Waals surface area contributed by atoms with Crippen LogP contribution in [0.25, 0.3) is 0 Å². The van der Waals surface area contributed by atoms with Crippen molar-refractivity contribution in [3.63, 3.8) is 0 Å². The molecule has 0 aliphatic carbocycles. The van der Waals surface area contributed by atoms with Crippen molar-refractivity contribution in [2.45, 2.75) is 51.5 Å². The molecule has 0 saturated carbocycles. The SMILES string of the molecule is CCOC(=O)CNC(=O)NCc1ccc(C2OC(CN(C)Cc3ccccc3)CC(c3ccc(CO)cc3)O2)cc1. The van der Waals surface area contributed by atoms with Gasteiger partial charge in [0, 0.05) is 31.6 Å². The van der Waals surface area contributed by atoms with Crippen molar-refractivity contribution >= 4 is 12.0 Å². The van der Waals surface area contributed by atoms with E-state index in [2.05, 4.69) is 34.7 Å². The number of nitrogens with one attached hydrogen (secondary N) is 2. The summed E-state index contributed by atoms with van der Waals surface area (Å²) in [5, 5.41) is 14.7. The zero-order valence-corrected chi connectivity index (χ0v) is 23.6. The molecule has 3 aromatic rings. The van der Waals surface area contributed by atoms with Crippen molar-refractivity contribution in [2.24, 2.45) is 0 Å². The lowest BCUT2D eigenvalue weighted by Gasteiger charge is -2.38. The van der Waals surface area contributed by atoms with Gasteiger partial charge < -0.3 is 30.0 Å². The number of rotatable bonds is 12. The van der Waals surface area contributed by atoms with E-state index in [0.29, 0.717) is 13.0 Å². The summed E-state index contributed by atoms with van der Waals surface area (Å²) in [7, 11) is 2.09. The number of nitrogens with zero attached hydrogens (tertiary/aromatic N) is 1. The molecule has 0 spiro atoms. The lowest BCUT2D eigenvalue weighted by Crippen LogP contribution is -2.38. The van der Waals surface area contributed by atoms with Gasteiger partial charge >= 0.3 is 12.0 Å². The molecule has 1 aliphatic rings. The summed E-state index contributed by atoms with van der Waals surface area (Å²) in [6.07, 6.45) is -0.0800. The van der Waals surface area contributed by atoms with Gasteiger partial charge in [0.1, 0.15) is 6.54 Å². The molecule has 1 heterocycles. The van der Waals surface area contributed by atoms with Gasteiger partial charge in [-0.05, 0) is 36.2 Å². The van der Waals surface area contributed by atoms with Crippen LogP contribution in [-0.2, 0) is 38.7 Å². The van der Waals surface area contributed by atoms with Crippen LogP contribution in [0.5, 0.6) is 0 Å². The topological polar surface area (TPSA) is 109 Å². The number of aliphatic hydroxyl groups excluding tert-OH is 1. The fourth-order valence-corrected chi connectivity index (χ4v) is 4.74. The van der Waals surface area contributed by atoms with Crippen LogP contribution in [0.15, 0.2) is 78.9 Å². The first-order valence-corrected chi connectivity index (χ1v) is 13.9. The summed E-state index contributed by atoms with van der Waals surface area (Å²) < 4.78 is 17.7. The van der Waals surface area contributed by atoms with Crippen molar-refractivity contribution in [1.82, 2.24) is 15.5 Å². The van der Waals surface area contributed by atoms with E-state index in [0.717, 1.165) is 35.3 Å². The number of urea groups is 1. The summed E-state index contributed by atoms with van der Waals surface area (Å²) in [5.74, 6) is -0.480. The molecule has 3 unspecified atom stereocenters. The second-order valence-electron chi connectivity index (χ2n) is 10.1. The van der Waals surface area contributed by atoms with E-state index >= 15 is 0 Å². The minimum absolute atomic E-state index is 0.00128. The number of likely N-dealkylation sites (N-methyl/N-ethyl adjacent to an activating group) is 1. The number of benzene rings is 3. The molecule has 3 atom stereocenters. The molecule has 9 heteroatoms. The Labute approximate surface area is 241 Å². The highest BCUT2D eigenvalue weighted by Gasteiger charge is 2.32. The van der Waals surface area contributed by atoms with Crippen LogP contribution in [0.4, 0.5) is 4.79 Å². The molecule has 4 rings (SSSR count). The number of carbonyl (C=O) groups excluding carboxylic acids is 2. The lowest BCUT2D eigenvalue weighted by molar-refractivity contribution is -0.252. The first-order chi connectivity index (χ1) is 19.9. The van der Waals surface area contributed by atoms with Crippen LogP contribution in [0, 0.1) is 0 Å². The van der Waals surface area contributed by atoms with Crippen LogP contribution in [0.2, 0.25) is 0 Å². The van der Waals surface area contributed by atoms with Crippen LogP contribution < -0.4 is 10.6 Å². The van der Waals surface area contributed by atoms with Gasteiger partial charge in [-0.3, -0.25) is 9.69 Å². The van der Waals surface area contributed by atoms with Gasteiger partial charge in [0.05, 0.1) is 25.4 Å². The molecular formula is C32H39N3O6. The first-order valence-electron chi connectivity index (χ1n) is 13.9. The standard InChI is InChI=1S/C32H39N3O6/c1-3-39-30(37)19-34-32(38)33-18-23-9-15-27(16-10-23)31-40-28(21-35(2)20-24-7-5-4-6-8-24)17-29(41-31)26-13-11-25(22-36)12-14-26/h4-16,28-29,31,36H,3,17-22H2,1-2H3,(H2,33,34,38). The molecule has 3 aromatic carbocycles. The van der Waals surface area contributed by atoms with E-state index in [4.69, 9.17) is 14.2 Å². The zero-order valence-electron chi connectivity index (χ0n) is 23.6. The van der Waals surface area contributed by atoms with Gasteiger partial charge in [-0.2, -0.15) is 0 Å². The fourth-order valence-electron chi connectivity index (χ4n) is 4.74. The third kappa shape index (κ3) is 9.40. The minimum Gasteiger partial charge on any atom is -0.465 e. The molecule has 41 heavy (non-hydrogen) atoms. The van der Waals surface area contributed by atoms with E-state index < -0.39 is 18.3 Å². The zero-order chi connectivity index (χ0) is 29.0. The van der Waals surface area contributed by atoms with Crippen LogP contribution in [-0.4, -0.2) is 54.9 Å². The third-order valence-electron chi connectivity index (χ3n) is 6.83. The van der Waals surface area contributed by atoms with E-state index in [1.165, 1.54) is 5.56 Å². The number of carbonyl (C=O) groups is 2. The van der Waals surface area contributed by atoms with Gasteiger partial charge in [-0.1, -0.05) is 78.9 Å². The Morgan fingerprint density at radius 1 is 0.902 bits per heavy atom. The molecule has 1 aliphatic heterocycles. The largest absolute Gasteiger partial charge is 0.465 e. The molecule has 2 amide bonds. The van der Waals surface area contributed by atoms with Crippen molar-refractivity contribution < 1.29 is 28.9 Å². The summed E-state index contributed by atoms with van der Waals surface area (Å²) in [6, 6.07) is 25.5. The van der Waals surface area contributed by atoms with E-state index in [9.17, 15) is 14.7 Å². The Morgan fingerprint density at radius 3 is 2.27 bits per heavy atom. The molecular weight excluding hydrogens is 522 g/mol. The van der Waals surface area contributed by atoms with Crippen molar-refractivity contribution in [2.75, 3.05) is 26.7 Å². The Bertz CT molecular complexity index is 1240. The molecule has 3 N–H and O–H groups in total. The lowest BCUT2D eigenvalue weighted by atomic mass is 9.99. The van der Waals surface area contributed by atoms with Crippen molar-refractivity contribution in [3.8, 4) is 0 Å². The van der Waals surface area contributed by atoms with E-state index in [1.54, 1.807) is 6.92 Å². The normalized spacial score (nSPS) is 18.6. The van der Waals surface area contributed by atoms with Gasteiger partial charge in [0.25, 0.3) is 0 Å². The number of esters is 1. The average molecular weight is 562 g/mol. The smallest absolute Gasteiger partial charge is 0.325 e. The molecule has 0 bridgehead atoms. The quantitative estimate of drug-likeness (QED) is 0.284. The highest BCUT2D eigenvalue weighted by Crippen LogP contribution is 2.38. The number of aliphatic hydroxyl groups is 1. The molecule has 0 aromatic heterocycles. The number of hydrogen-bond donors (Lipinski definition) is 3. The van der Waals surface area contributed by atoms with Gasteiger partial charge in [-0.25, -0.2) is 4.79 Å². The second-order valence-corrected chi connectivity index (χ2v) is 10.1. The number of ether oxygens (including phenoxy) is 3. The first kappa shape index (κ1) is 30.2. The molecule has 0 radical (unpaired) electrons. The maximum atomic E-state index is 12.0. The second kappa shape index (κ2) is 15.3. The Hall–Kier alpha value is -3.76. The Kier molecular flexibility index (Phi) is 11.3. The maximum absolute atomic E-state index is 12.0. The average Bonchev–Trinajstić information content (AvgIpc) is 2.99. The Morgan fingerprint density at radius 2 is 1.59 bits per heavy atom. The van der Waals surface area contributed by atoms with Gasteiger partial charge in [-0.15, -0.1) is 0 Å². The molecule has 9 nitrogen and oxygen atoms in total.